The highest BCUT2D eigenvalue weighted by Gasteiger charge is 2.32. The predicted molar refractivity (Wildman–Crippen MR) is 119 cm³/mol. The molecule has 0 aromatic carbocycles. The summed E-state index contributed by atoms with van der Waals surface area (Å²) in [5.74, 6) is 0.531. The molecule has 162 valence electrons. The molecule has 1 aliphatic heterocycles. The van der Waals surface area contributed by atoms with Crippen LogP contribution in [-0.2, 0) is 6.54 Å². The van der Waals surface area contributed by atoms with Crippen molar-refractivity contribution < 1.29 is 4.79 Å². The molecule has 0 N–H and O–H groups in total. The van der Waals surface area contributed by atoms with Gasteiger partial charge in [-0.15, -0.1) is 0 Å². The molecule has 2 aliphatic rings. The third-order valence-corrected chi connectivity index (χ3v) is 6.86. The molecule has 5 rings (SSSR count). The van der Waals surface area contributed by atoms with Crippen LogP contribution in [0.4, 0.5) is 0 Å². The van der Waals surface area contributed by atoms with E-state index in [1.165, 1.54) is 32.1 Å². The molecule has 0 radical (unpaired) electrons. The van der Waals surface area contributed by atoms with Crippen molar-refractivity contribution in [3.8, 4) is 0 Å². The van der Waals surface area contributed by atoms with Crippen LogP contribution < -0.4 is 5.69 Å². The number of carbonyl (C=O) groups is 1. The molecule has 3 aromatic rings. The van der Waals surface area contributed by atoms with E-state index in [1.807, 2.05) is 45.2 Å². The van der Waals surface area contributed by atoms with Gasteiger partial charge in [0.2, 0.25) is 0 Å². The molecule has 0 spiro atoms. The average molecular weight is 420 g/mol. The summed E-state index contributed by atoms with van der Waals surface area (Å²) in [6.07, 6.45) is 10.3. The number of rotatable bonds is 4. The lowest BCUT2D eigenvalue weighted by Crippen LogP contribution is -2.33. The fourth-order valence-corrected chi connectivity index (χ4v) is 5.16. The first-order valence-corrected chi connectivity index (χ1v) is 11.4. The minimum absolute atomic E-state index is 0.00979. The Bertz CT molecular complexity index is 1140. The molecule has 1 saturated heterocycles. The Balaban J connectivity index is 1.42. The van der Waals surface area contributed by atoms with Gasteiger partial charge in [-0.2, -0.15) is 0 Å². The summed E-state index contributed by atoms with van der Waals surface area (Å²) in [6, 6.07) is 7.52. The molecular formula is C24H29N5O2. The summed E-state index contributed by atoms with van der Waals surface area (Å²) in [6.45, 7) is 3.82. The van der Waals surface area contributed by atoms with Gasteiger partial charge in [-0.3, -0.25) is 18.9 Å². The molecule has 1 atom stereocenters. The number of aryl methyl sites for hydroxylation is 1. The second-order valence-corrected chi connectivity index (χ2v) is 9.00. The third-order valence-electron chi connectivity index (χ3n) is 6.86. The van der Waals surface area contributed by atoms with Gasteiger partial charge < -0.3 is 4.90 Å². The maximum Gasteiger partial charge on any atom is 0.330 e. The van der Waals surface area contributed by atoms with Crippen LogP contribution in [0.2, 0.25) is 0 Å². The second-order valence-electron chi connectivity index (χ2n) is 9.00. The third kappa shape index (κ3) is 3.77. The van der Waals surface area contributed by atoms with E-state index < -0.39 is 0 Å². The maximum absolute atomic E-state index is 13.5. The first kappa shape index (κ1) is 20.0. The van der Waals surface area contributed by atoms with Crippen LogP contribution in [0.3, 0.4) is 0 Å². The molecule has 1 amide bonds. The van der Waals surface area contributed by atoms with Crippen LogP contribution >= 0.6 is 0 Å². The summed E-state index contributed by atoms with van der Waals surface area (Å²) in [4.78, 5) is 37.1. The van der Waals surface area contributed by atoms with E-state index >= 15 is 0 Å². The molecule has 3 aromatic heterocycles. The van der Waals surface area contributed by atoms with Gasteiger partial charge in [0.1, 0.15) is 0 Å². The number of nitrogens with zero attached hydrogens (tertiary/aromatic N) is 5. The number of imidazole rings is 1. The molecular weight excluding hydrogens is 390 g/mol. The lowest BCUT2D eigenvalue weighted by molar-refractivity contribution is 0.0787. The van der Waals surface area contributed by atoms with E-state index in [9.17, 15) is 9.59 Å². The Labute approximate surface area is 181 Å². The normalized spacial score (nSPS) is 19.9. The van der Waals surface area contributed by atoms with Gasteiger partial charge in [0, 0.05) is 37.7 Å². The van der Waals surface area contributed by atoms with E-state index in [0.717, 1.165) is 29.8 Å². The quantitative estimate of drug-likeness (QED) is 0.648. The highest BCUT2D eigenvalue weighted by Crippen LogP contribution is 2.28. The SMILES string of the molecule is Cc1ccc(C(=O)N2CC[C@@H](n3c(=O)n(CC4CCCCC4)c4cccnc43)C2)cn1. The van der Waals surface area contributed by atoms with Crippen molar-refractivity contribution in [3.05, 3.63) is 58.4 Å². The molecule has 0 bridgehead atoms. The van der Waals surface area contributed by atoms with E-state index in [4.69, 9.17) is 0 Å². The van der Waals surface area contributed by atoms with E-state index in [-0.39, 0.29) is 17.6 Å². The van der Waals surface area contributed by atoms with E-state index in [0.29, 0.717) is 24.6 Å². The molecule has 1 aliphatic carbocycles. The molecule has 1 saturated carbocycles. The fraction of sp³-hybridized carbons (Fsp3) is 0.500. The summed E-state index contributed by atoms with van der Waals surface area (Å²) < 4.78 is 3.76. The average Bonchev–Trinajstić information content (AvgIpc) is 3.38. The van der Waals surface area contributed by atoms with Crippen molar-refractivity contribution in [2.24, 2.45) is 5.92 Å². The molecule has 7 heteroatoms. The first-order valence-electron chi connectivity index (χ1n) is 11.4. The topological polar surface area (TPSA) is 73.0 Å². The van der Waals surface area contributed by atoms with Crippen molar-refractivity contribution in [2.45, 2.75) is 58.0 Å². The molecule has 2 fully saturated rings. The lowest BCUT2D eigenvalue weighted by Gasteiger charge is -2.21. The van der Waals surface area contributed by atoms with Crippen molar-refractivity contribution >= 4 is 17.1 Å². The number of aromatic nitrogens is 4. The van der Waals surface area contributed by atoms with Crippen molar-refractivity contribution in [1.82, 2.24) is 24.0 Å². The zero-order chi connectivity index (χ0) is 21.4. The number of hydrogen-bond donors (Lipinski definition) is 0. The van der Waals surface area contributed by atoms with Gasteiger partial charge in [-0.1, -0.05) is 19.3 Å². The monoisotopic (exact) mass is 419 g/mol. The van der Waals surface area contributed by atoms with Gasteiger partial charge in [-0.05, 0) is 56.4 Å². The number of carbonyl (C=O) groups excluding carboxylic acids is 1. The molecule has 4 heterocycles. The van der Waals surface area contributed by atoms with E-state index in [2.05, 4.69) is 9.97 Å². The van der Waals surface area contributed by atoms with Crippen LogP contribution in [0.1, 0.15) is 60.6 Å². The molecule has 7 nitrogen and oxygen atoms in total. The van der Waals surface area contributed by atoms with Crippen molar-refractivity contribution in [1.29, 1.82) is 0 Å². The largest absolute Gasteiger partial charge is 0.336 e. The Kier molecular flexibility index (Phi) is 5.34. The van der Waals surface area contributed by atoms with Crippen LogP contribution in [0.5, 0.6) is 0 Å². The highest BCUT2D eigenvalue weighted by atomic mass is 16.2. The van der Waals surface area contributed by atoms with Gasteiger partial charge in [0.15, 0.2) is 5.65 Å². The summed E-state index contributed by atoms with van der Waals surface area (Å²) in [5.41, 5.74) is 3.14. The summed E-state index contributed by atoms with van der Waals surface area (Å²) in [7, 11) is 0. The Morgan fingerprint density at radius 2 is 1.94 bits per heavy atom. The van der Waals surface area contributed by atoms with Crippen LogP contribution in [0.25, 0.3) is 11.2 Å². The number of pyridine rings is 2. The minimum Gasteiger partial charge on any atom is -0.336 e. The second kappa shape index (κ2) is 8.29. The van der Waals surface area contributed by atoms with Crippen molar-refractivity contribution in [2.75, 3.05) is 13.1 Å². The number of amides is 1. The van der Waals surface area contributed by atoms with E-state index in [1.54, 1.807) is 12.4 Å². The highest BCUT2D eigenvalue weighted by molar-refractivity contribution is 5.94. The van der Waals surface area contributed by atoms with Gasteiger partial charge in [-0.25, -0.2) is 9.78 Å². The zero-order valence-corrected chi connectivity index (χ0v) is 18.0. The zero-order valence-electron chi connectivity index (χ0n) is 18.0. The van der Waals surface area contributed by atoms with Gasteiger partial charge >= 0.3 is 5.69 Å². The molecule has 31 heavy (non-hydrogen) atoms. The number of hydrogen-bond acceptors (Lipinski definition) is 4. The molecule has 0 unspecified atom stereocenters. The summed E-state index contributed by atoms with van der Waals surface area (Å²) >= 11 is 0. The minimum atomic E-state index is -0.0557. The smallest absolute Gasteiger partial charge is 0.330 e. The maximum atomic E-state index is 13.5. The van der Waals surface area contributed by atoms with Crippen molar-refractivity contribution in [3.63, 3.8) is 0 Å². The number of likely N-dealkylation sites (tertiary alicyclic amines) is 1. The van der Waals surface area contributed by atoms with Crippen LogP contribution in [-0.4, -0.2) is 43.0 Å². The Morgan fingerprint density at radius 3 is 2.71 bits per heavy atom. The fourth-order valence-electron chi connectivity index (χ4n) is 5.16. The predicted octanol–water partition coefficient (Wildman–Crippen LogP) is 3.57. The Hall–Kier alpha value is -2.96. The van der Waals surface area contributed by atoms with Crippen LogP contribution in [0, 0.1) is 12.8 Å². The first-order chi connectivity index (χ1) is 15.1. The standard InChI is InChI=1S/C24H29N5O2/c1-17-9-10-19(14-26-17)23(30)27-13-11-20(16-27)29-22-21(8-5-12-25-22)28(24(29)31)15-18-6-3-2-4-7-18/h5,8-10,12,14,18,20H,2-4,6-7,11,13,15-16H2,1H3/t20-/m1/s1. The van der Waals surface area contributed by atoms with Crippen LogP contribution in [0.15, 0.2) is 41.5 Å². The Morgan fingerprint density at radius 1 is 1.10 bits per heavy atom. The van der Waals surface area contributed by atoms with Gasteiger partial charge in [0.05, 0.1) is 17.1 Å². The lowest BCUT2D eigenvalue weighted by atomic mass is 9.89. The number of fused-ring (bicyclic) bond motifs is 1. The summed E-state index contributed by atoms with van der Waals surface area (Å²) in [5, 5.41) is 0. The van der Waals surface area contributed by atoms with Gasteiger partial charge in [0.25, 0.3) is 5.91 Å².